The smallest absolute Gasteiger partial charge is 0.285 e. The lowest BCUT2D eigenvalue weighted by atomic mass is 9.88. The third-order valence-electron chi connectivity index (χ3n) is 5.73. The van der Waals surface area contributed by atoms with Crippen molar-refractivity contribution in [2.24, 2.45) is 10.3 Å². The summed E-state index contributed by atoms with van der Waals surface area (Å²) in [6.45, 7) is 1.41. The number of sulfonamides is 1. The Morgan fingerprint density at radius 3 is 2.46 bits per heavy atom. The Hall–Kier alpha value is -1.89. The molecule has 0 unspecified atom stereocenters. The van der Waals surface area contributed by atoms with Crippen LogP contribution in [0.1, 0.15) is 50.5 Å². The minimum atomic E-state index is -3.57. The molecule has 0 radical (unpaired) electrons. The number of amidine groups is 1. The lowest BCUT2D eigenvalue weighted by Gasteiger charge is -2.34. The molecule has 1 aromatic carbocycles. The highest BCUT2D eigenvalue weighted by atomic mass is 32.2. The number of nitrogens with zero attached hydrogens (tertiary/aromatic N) is 2. The van der Waals surface area contributed by atoms with E-state index in [0.717, 1.165) is 38.5 Å². The van der Waals surface area contributed by atoms with E-state index in [4.69, 9.17) is 0 Å². The van der Waals surface area contributed by atoms with E-state index < -0.39 is 10.0 Å². The fraction of sp³-hybridized carbons (Fsp3) is 0.579. The highest BCUT2D eigenvalue weighted by Gasteiger charge is 2.33. The summed E-state index contributed by atoms with van der Waals surface area (Å²) in [5.41, 5.74) is 0.692. The Labute approximate surface area is 154 Å². The van der Waals surface area contributed by atoms with Gasteiger partial charge in [0, 0.05) is 30.6 Å². The van der Waals surface area contributed by atoms with Crippen LogP contribution < -0.4 is 5.32 Å². The second-order valence-corrected chi connectivity index (χ2v) is 9.06. The molecule has 4 rings (SSSR count). The van der Waals surface area contributed by atoms with Crippen LogP contribution in [0, 0.1) is 5.92 Å². The van der Waals surface area contributed by atoms with Crippen molar-refractivity contribution in [3.63, 3.8) is 0 Å². The lowest BCUT2D eigenvalue weighted by molar-refractivity contribution is -0.126. The van der Waals surface area contributed by atoms with Crippen molar-refractivity contribution in [3.8, 4) is 0 Å². The summed E-state index contributed by atoms with van der Waals surface area (Å²) in [6, 6.07) is 7.16. The Bertz CT molecular complexity index is 820. The Balaban J connectivity index is 1.38. The van der Waals surface area contributed by atoms with E-state index >= 15 is 0 Å². The van der Waals surface area contributed by atoms with Crippen molar-refractivity contribution in [2.45, 2.75) is 55.9 Å². The molecule has 2 aliphatic heterocycles. The topological polar surface area (TPSA) is 78.8 Å². The van der Waals surface area contributed by atoms with E-state index in [0.29, 0.717) is 29.4 Å². The molecule has 0 spiro atoms. The zero-order valence-corrected chi connectivity index (χ0v) is 15.7. The van der Waals surface area contributed by atoms with Gasteiger partial charge in [0.25, 0.3) is 10.0 Å². The lowest BCUT2D eigenvalue weighted by Crippen LogP contribution is -2.48. The van der Waals surface area contributed by atoms with Crippen LogP contribution in [0.4, 0.5) is 0 Å². The van der Waals surface area contributed by atoms with E-state index in [2.05, 4.69) is 9.71 Å². The quantitative estimate of drug-likeness (QED) is 0.860. The maximum atomic E-state index is 12.4. The summed E-state index contributed by atoms with van der Waals surface area (Å²) >= 11 is 0. The van der Waals surface area contributed by atoms with E-state index in [-0.39, 0.29) is 17.9 Å². The third-order valence-corrected chi connectivity index (χ3v) is 7.05. The zero-order chi connectivity index (χ0) is 18.1. The summed E-state index contributed by atoms with van der Waals surface area (Å²) in [4.78, 5) is 14.8. The standard InChI is InChI=1S/C19H25N3O3S/c23-19(14-6-2-1-3-7-14)20-15-10-12-22(13-11-15)18-16-8-4-5-9-17(16)26(24,25)21-18/h4-5,8-9,14-15H,1-3,6-7,10-13H2,(H,20,23). The predicted molar refractivity (Wildman–Crippen MR) is 99.5 cm³/mol. The summed E-state index contributed by atoms with van der Waals surface area (Å²) in [7, 11) is -3.57. The number of benzene rings is 1. The van der Waals surface area contributed by atoms with Crippen LogP contribution >= 0.6 is 0 Å². The molecule has 2 heterocycles. The van der Waals surface area contributed by atoms with Gasteiger partial charge in [-0.1, -0.05) is 31.4 Å². The zero-order valence-electron chi connectivity index (χ0n) is 14.9. The number of hydrogen-bond donors (Lipinski definition) is 1. The molecule has 6 nitrogen and oxygen atoms in total. The summed E-state index contributed by atoms with van der Waals surface area (Å²) in [6.07, 6.45) is 7.22. The van der Waals surface area contributed by atoms with Crippen molar-refractivity contribution in [2.75, 3.05) is 13.1 Å². The molecule has 1 aromatic rings. The first-order chi connectivity index (χ1) is 12.5. The summed E-state index contributed by atoms with van der Waals surface area (Å²) in [5, 5.41) is 3.21. The number of piperidine rings is 1. The second kappa shape index (κ2) is 7.02. The van der Waals surface area contributed by atoms with Crippen molar-refractivity contribution in [3.05, 3.63) is 29.8 Å². The molecule has 26 heavy (non-hydrogen) atoms. The van der Waals surface area contributed by atoms with Crippen LogP contribution in [0.3, 0.4) is 0 Å². The second-order valence-electron chi connectivity index (χ2n) is 7.49. The fourth-order valence-corrected chi connectivity index (χ4v) is 5.46. The first-order valence-corrected chi connectivity index (χ1v) is 11.0. The number of nitrogens with one attached hydrogen (secondary N) is 1. The van der Waals surface area contributed by atoms with Gasteiger partial charge in [-0.3, -0.25) is 4.79 Å². The van der Waals surface area contributed by atoms with Crippen molar-refractivity contribution in [1.82, 2.24) is 10.2 Å². The third kappa shape index (κ3) is 3.37. The fourth-order valence-electron chi connectivity index (χ4n) is 4.24. The number of hydrogen-bond acceptors (Lipinski definition) is 4. The van der Waals surface area contributed by atoms with Crippen LogP contribution in [-0.2, 0) is 14.8 Å². The van der Waals surface area contributed by atoms with Gasteiger partial charge in [0.2, 0.25) is 5.91 Å². The number of rotatable bonds is 2. The molecule has 2 fully saturated rings. The molecule has 1 amide bonds. The monoisotopic (exact) mass is 375 g/mol. The molecule has 1 aliphatic carbocycles. The molecule has 1 N–H and O–H groups in total. The molecule has 1 saturated carbocycles. The number of likely N-dealkylation sites (tertiary alicyclic amines) is 1. The van der Waals surface area contributed by atoms with Crippen molar-refractivity contribution in [1.29, 1.82) is 0 Å². The average molecular weight is 375 g/mol. The van der Waals surface area contributed by atoms with Crippen molar-refractivity contribution < 1.29 is 13.2 Å². The van der Waals surface area contributed by atoms with Crippen LogP contribution in [0.5, 0.6) is 0 Å². The molecular weight excluding hydrogens is 350 g/mol. The van der Waals surface area contributed by atoms with Gasteiger partial charge in [0.1, 0.15) is 4.90 Å². The largest absolute Gasteiger partial charge is 0.355 e. The van der Waals surface area contributed by atoms with Crippen molar-refractivity contribution >= 4 is 21.8 Å². The maximum Gasteiger partial charge on any atom is 0.285 e. The highest BCUT2D eigenvalue weighted by molar-refractivity contribution is 7.90. The van der Waals surface area contributed by atoms with Gasteiger partial charge in [-0.15, -0.1) is 4.40 Å². The molecule has 0 aromatic heterocycles. The van der Waals surface area contributed by atoms with Gasteiger partial charge in [0.15, 0.2) is 5.84 Å². The van der Waals surface area contributed by atoms with E-state index in [1.807, 2.05) is 17.0 Å². The SMILES string of the molecule is O=C(NC1CCN(C2=NS(=O)(=O)c3ccccc32)CC1)C1CCCCC1. The minimum Gasteiger partial charge on any atom is -0.355 e. The summed E-state index contributed by atoms with van der Waals surface area (Å²) in [5.74, 6) is 0.935. The Morgan fingerprint density at radius 1 is 1.04 bits per heavy atom. The van der Waals surface area contributed by atoms with Gasteiger partial charge in [-0.25, -0.2) is 0 Å². The number of fused-ring (bicyclic) bond motifs is 1. The van der Waals surface area contributed by atoms with Crippen LogP contribution in [-0.4, -0.2) is 44.2 Å². The summed E-state index contributed by atoms with van der Waals surface area (Å²) < 4.78 is 28.4. The molecule has 3 aliphatic rings. The van der Waals surface area contributed by atoms with Crippen LogP contribution in [0.15, 0.2) is 33.6 Å². The molecular formula is C19H25N3O3S. The van der Waals surface area contributed by atoms with Gasteiger partial charge >= 0.3 is 0 Å². The van der Waals surface area contributed by atoms with Gasteiger partial charge in [0.05, 0.1) is 0 Å². The van der Waals surface area contributed by atoms with Crippen LogP contribution in [0.25, 0.3) is 0 Å². The molecule has 0 atom stereocenters. The van der Waals surface area contributed by atoms with Gasteiger partial charge < -0.3 is 10.2 Å². The number of amides is 1. The van der Waals surface area contributed by atoms with E-state index in [1.54, 1.807) is 12.1 Å². The first kappa shape index (κ1) is 17.5. The van der Waals surface area contributed by atoms with Gasteiger partial charge in [-0.2, -0.15) is 8.42 Å². The Kier molecular flexibility index (Phi) is 4.73. The normalized spacial score (nSPS) is 23.4. The van der Waals surface area contributed by atoms with E-state index in [9.17, 15) is 13.2 Å². The average Bonchev–Trinajstić information content (AvgIpc) is 2.95. The molecule has 140 valence electrons. The maximum absolute atomic E-state index is 12.4. The molecule has 1 saturated heterocycles. The highest BCUT2D eigenvalue weighted by Crippen LogP contribution is 2.29. The number of carbonyl (C=O) groups is 1. The molecule has 7 heteroatoms. The molecule has 0 bridgehead atoms. The number of carbonyl (C=O) groups excluding carboxylic acids is 1. The van der Waals surface area contributed by atoms with Crippen LogP contribution in [0.2, 0.25) is 0 Å². The predicted octanol–water partition coefficient (Wildman–Crippen LogP) is 2.30. The van der Waals surface area contributed by atoms with E-state index in [1.165, 1.54) is 6.42 Å². The minimum absolute atomic E-state index is 0.175. The van der Waals surface area contributed by atoms with Gasteiger partial charge in [-0.05, 0) is 37.8 Å². The first-order valence-electron chi connectivity index (χ1n) is 9.54. The Morgan fingerprint density at radius 2 is 1.73 bits per heavy atom.